The molecular formula is C15H32N2O. The lowest BCUT2D eigenvalue weighted by Crippen LogP contribution is -2.52. The standard InChI is InChI=1S/C15H32N2O/c1-5-13(6-2)11-14(16-7-3)15-12-17(8-4)9-10-18-15/h13-16H,5-12H2,1-4H3. The molecule has 18 heavy (non-hydrogen) atoms. The largest absolute Gasteiger partial charge is 0.374 e. The molecule has 0 radical (unpaired) electrons. The van der Waals surface area contributed by atoms with Crippen molar-refractivity contribution in [1.29, 1.82) is 0 Å². The van der Waals surface area contributed by atoms with Gasteiger partial charge in [0.25, 0.3) is 0 Å². The smallest absolute Gasteiger partial charge is 0.0855 e. The van der Waals surface area contributed by atoms with Gasteiger partial charge in [-0.15, -0.1) is 0 Å². The van der Waals surface area contributed by atoms with Crippen LogP contribution in [0.3, 0.4) is 0 Å². The van der Waals surface area contributed by atoms with E-state index in [1.807, 2.05) is 0 Å². The number of hydrogen-bond acceptors (Lipinski definition) is 3. The van der Waals surface area contributed by atoms with Gasteiger partial charge in [0, 0.05) is 19.1 Å². The first kappa shape index (κ1) is 15.9. The predicted octanol–water partition coefficient (Wildman–Crippen LogP) is 2.51. The SMILES string of the molecule is CCNC(CC(CC)CC)C1CN(CC)CCO1. The highest BCUT2D eigenvalue weighted by molar-refractivity contribution is 4.84. The molecule has 0 amide bonds. The number of nitrogens with zero attached hydrogens (tertiary/aromatic N) is 1. The van der Waals surface area contributed by atoms with Crippen molar-refractivity contribution in [3.8, 4) is 0 Å². The molecule has 0 aromatic carbocycles. The second-order valence-corrected chi connectivity index (χ2v) is 5.38. The van der Waals surface area contributed by atoms with Crippen LogP contribution in [0, 0.1) is 5.92 Å². The van der Waals surface area contributed by atoms with E-state index < -0.39 is 0 Å². The van der Waals surface area contributed by atoms with Crippen molar-refractivity contribution in [3.63, 3.8) is 0 Å². The lowest BCUT2D eigenvalue weighted by atomic mass is 9.91. The molecule has 0 aliphatic carbocycles. The Labute approximate surface area is 113 Å². The Morgan fingerprint density at radius 3 is 2.50 bits per heavy atom. The lowest BCUT2D eigenvalue weighted by molar-refractivity contribution is -0.0484. The zero-order chi connectivity index (χ0) is 13.4. The molecule has 3 nitrogen and oxygen atoms in total. The van der Waals surface area contributed by atoms with Crippen molar-refractivity contribution in [3.05, 3.63) is 0 Å². The third-order valence-electron chi connectivity index (χ3n) is 4.28. The fourth-order valence-electron chi connectivity index (χ4n) is 2.87. The molecule has 1 aliphatic heterocycles. The Hall–Kier alpha value is -0.120. The fraction of sp³-hybridized carbons (Fsp3) is 1.00. The molecule has 0 aromatic rings. The lowest BCUT2D eigenvalue weighted by Gasteiger charge is -2.38. The number of likely N-dealkylation sites (N-methyl/N-ethyl adjacent to an activating group) is 2. The summed E-state index contributed by atoms with van der Waals surface area (Å²) in [6.45, 7) is 14.3. The van der Waals surface area contributed by atoms with Gasteiger partial charge in [0.05, 0.1) is 12.7 Å². The second-order valence-electron chi connectivity index (χ2n) is 5.38. The van der Waals surface area contributed by atoms with Crippen LogP contribution in [-0.2, 0) is 4.74 Å². The molecule has 0 saturated carbocycles. The number of nitrogens with one attached hydrogen (secondary N) is 1. The number of rotatable bonds is 8. The Kier molecular flexibility index (Phi) is 7.87. The van der Waals surface area contributed by atoms with Crippen molar-refractivity contribution >= 4 is 0 Å². The molecule has 2 atom stereocenters. The zero-order valence-corrected chi connectivity index (χ0v) is 12.7. The van der Waals surface area contributed by atoms with Crippen LogP contribution in [0.15, 0.2) is 0 Å². The Bertz CT molecular complexity index is 207. The van der Waals surface area contributed by atoms with Gasteiger partial charge >= 0.3 is 0 Å². The third-order valence-corrected chi connectivity index (χ3v) is 4.28. The summed E-state index contributed by atoms with van der Waals surface area (Å²) in [6, 6.07) is 0.522. The Balaban J connectivity index is 2.53. The molecule has 1 heterocycles. The Morgan fingerprint density at radius 2 is 1.94 bits per heavy atom. The van der Waals surface area contributed by atoms with Gasteiger partial charge in [-0.1, -0.05) is 40.5 Å². The van der Waals surface area contributed by atoms with Crippen molar-refractivity contribution < 1.29 is 4.74 Å². The normalized spacial score (nSPS) is 23.5. The summed E-state index contributed by atoms with van der Waals surface area (Å²) in [4.78, 5) is 2.51. The predicted molar refractivity (Wildman–Crippen MR) is 78.0 cm³/mol. The summed E-state index contributed by atoms with van der Waals surface area (Å²) in [7, 11) is 0. The van der Waals surface area contributed by atoms with Crippen LogP contribution in [0.1, 0.15) is 47.0 Å². The number of ether oxygens (including phenoxy) is 1. The maximum Gasteiger partial charge on any atom is 0.0855 e. The molecule has 0 aromatic heterocycles. The zero-order valence-electron chi connectivity index (χ0n) is 12.7. The summed E-state index contributed by atoms with van der Waals surface area (Å²) >= 11 is 0. The van der Waals surface area contributed by atoms with E-state index in [1.54, 1.807) is 0 Å². The molecule has 108 valence electrons. The second kappa shape index (κ2) is 8.89. The van der Waals surface area contributed by atoms with E-state index in [4.69, 9.17) is 4.74 Å². The van der Waals surface area contributed by atoms with Gasteiger partial charge in [0.15, 0.2) is 0 Å². The topological polar surface area (TPSA) is 24.5 Å². The van der Waals surface area contributed by atoms with Crippen molar-refractivity contribution in [2.45, 2.75) is 59.1 Å². The van der Waals surface area contributed by atoms with Gasteiger partial charge in [-0.3, -0.25) is 4.90 Å². The molecule has 0 bridgehead atoms. The van der Waals surface area contributed by atoms with Crippen LogP contribution in [-0.4, -0.2) is 49.8 Å². The highest BCUT2D eigenvalue weighted by Gasteiger charge is 2.28. The first-order valence-corrected chi connectivity index (χ1v) is 7.82. The first-order chi connectivity index (χ1) is 8.74. The maximum atomic E-state index is 6.01. The quantitative estimate of drug-likeness (QED) is 0.722. The van der Waals surface area contributed by atoms with Gasteiger partial charge < -0.3 is 10.1 Å². The van der Waals surface area contributed by atoms with Gasteiger partial charge in [0.2, 0.25) is 0 Å². The van der Waals surface area contributed by atoms with Crippen molar-refractivity contribution in [1.82, 2.24) is 10.2 Å². The summed E-state index contributed by atoms with van der Waals surface area (Å²) in [5, 5.41) is 3.64. The van der Waals surface area contributed by atoms with Crippen LogP contribution >= 0.6 is 0 Å². The minimum Gasteiger partial charge on any atom is -0.374 e. The highest BCUT2D eigenvalue weighted by atomic mass is 16.5. The number of hydrogen-bond donors (Lipinski definition) is 1. The summed E-state index contributed by atoms with van der Waals surface area (Å²) in [5.74, 6) is 0.828. The van der Waals surface area contributed by atoms with Crippen molar-refractivity contribution in [2.24, 2.45) is 5.92 Å². The monoisotopic (exact) mass is 256 g/mol. The molecule has 2 unspecified atom stereocenters. The molecule has 1 rings (SSSR count). The minimum atomic E-state index is 0.374. The molecule has 1 aliphatic rings. The Morgan fingerprint density at radius 1 is 1.22 bits per heavy atom. The molecule has 1 fully saturated rings. The third kappa shape index (κ3) is 4.87. The summed E-state index contributed by atoms with van der Waals surface area (Å²) < 4.78 is 6.01. The van der Waals surface area contributed by atoms with Crippen LogP contribution in [0.25, 0.3) is 0 Å². The van der Waals surface area contributed by atoms with E-state index in [-0.39, 0.29) is 0 Å². The number of morpholine rings is 1. The minimum absolute atomic E-state index is 0.374. The van der Waals surface area contributed by atoms with Gasteiger partial charge in [-0.2, -0.15) is 0 Å². The average molecular weight is 256 g/mol. The van der Waals surface area contributed by atoms with E-state index >= 15 is 0 Å². The molecule has 3 heteroatoms. The highest BCUT2D eigenvalue weighted by Crippen LogP contribution is 2.20. The molecule has 0 spiro atoms. The van der Waals surface area contributed by atoms with E-state index in [2.05, 4.69) is 37.9 Å². The van der Waals surface area contributed by atoms with Crippen molar-refractivity contribution in [2.75, 3.05) is 32.8 Å². The van der Waals surface area contributed by atoms with E-state index in [1.165, 1.54) is 19.3 Å². The summed E-state index contributed by atoms with van der Waals surface area (Å²) in [5.41, 5.74) is 0. The molecular weight excluding hydrogens is 224 g/mol. The molecule has 1 N–H and O–H groups in total. The molecule has 1 saturated heterocycles. The summed E-state index contributed by atoms with van der Waals surface area (Å²) in [6.07, 6.45) is 4.19. The first-order valence-electron chi connectivity index (χ1n) is 7.82. The van der Waals surface area contributed by atoms with Crippen LogP contribution in [0.5, 0.6) is 0 Å². The average Bonchev–Trinajstić information content (AvgIpc) is 2.43. The van der Waals surface area contributed by atoms with Crippen LogP contribution < -0.4 is 5.32 Å². The van der Waals surface area contributed by atoms with Crippen LogP contribution in [0.2, 0.25) is 0 Å². The van der Waals surface area contributed by atoms with E-state index in [0.717, 1.165) is 38.7 Å². The van der Waals surface area contributed by atoms with E-state index in [9.17, 15) is 0 Å². The van der Waals surface area contributed by atoms with Gasteiger partial charge in [-0.05, 0) is 25.4 Å². The van der Waals surface area contributed by atoms with Gasteiger partial charge in [0.1, 0.15) is 0 Å². The van der Waals surface area contributed by atoms with E-state index in [0.29, 0.717) is 12.1 Å². The van der Waals surface area contributed by atoms with Gasteiger partial charge in [-0.25, -0.2) is 0 Å². The fourth-order valence-corrected chi connectivity index (χ4v) is 2.87. The van der Waals surface area contributed by atoms with Crippen LogP contribution in [0.4, 0.5) is 0 Å². The maximum absolute atomic E-state index is 6.01.